The van der Waals surface area contributed by atoms with Crippen LogP contribution in [0.4, 0.5) is 13.2 Å². The van der Waals surface area contributed by atoms with Gasteiger partial charge >= 0.3 is 6.18 Å². The van der Waals surface area contributed by atoms with E-state index in [1.54, 1.807) is 6.92 Å². The summed E-state index contributed by atoms with van der Waals surface area (Å²) in [5, 5.41) is 20.4. The van der Waals surface area contributed by atoms with E-state index in [9.17, 15) is 27.9 Å². The fraction of sp³-hybridized carbons (Fsp3) is 0.353. The van der Waals surface area contributed by atoms with Crippen LogP contribution in [0.25, 0.3) is 0 Å². The van der Waals surface area contributed by atoms with E-state index in [4.69, 9.17) is 0 Å². The lowest BCUT2D eigenvalue weighted by molar-refractivity contribution is -0.124. The minimum atomic E-state index is -4.49. The van der Waals surface area contributed by atoms with Crippen molar-refractivity contribution in [2.24, 2.45) is 4.99 Å². The summed E-state index contributed by atoms with van der Waals surface area (Å²) in [4.78, 5) is 28.7. The lowest BCUT2D eigenvalue weighted by atomic mass is 9.94. The number of dihydropyridines is 1. The SMILES string of the molecule is CC1=CN=C(NC(=O)C2=C(O)CC(C3=CC=C(C(F)(F)F)NC3)NC2=O)CN1. The first-order valence-electron chi connectivity index (χ1n) is 8.38. The van der Waals surface area contributed by atoms with Crippen LogP contribution in [-0.4, -0.2) is 48.1 Å². The van der Waals surface area contributed by atoms with E-state index in [0.717, 1.165) is 11.8 Å². The number of aliphatic imine (C=N–C) groups is 1. The molecule has 1 unspecified atom stereocenters. The Bertz CT molecular complexity index is 868. The standard InChI is InChI=1S/C17H18F3N5O3/c1-8-5-23-13(7-21-8)25-16(28)14-11(26)4-10(24-15(14)27)9-2-3-12(22-6-9)17(18,19)20/h2-3,5,10,21-22,26H,4,6-7H2,1H3,(H,24,27)(H,23,25,28). The summed E-state index contributed by atoms with van der Waals surface area (Å²) in [5.41, 5.74) is -0.0604. The number of allylic oxidation sites excluding steroid dienone is 4. The highest BCUT2D eigenvalue weighted by Crippen LogP contribution is 2.27. The zero-order valence-electron chi connectivity index (χ0n) is 14.8. The van der Waals surface area contributed by atoms with Crippen molar-refractivity contribution < 1.29 is 27.9 Å². The minimum absolute atomic E-state index is 0.110. The molecule has 0 aromatic rings. The molecule has 1 atom stereocenters. The Kier molecular flexibility index (Phi) is 5.16. The quantitative estimate of drug-likeness (QED) is 0.439. The number of hydrogen-bond acceptors (Lipinski definition) is 6. The lowest BCUT2D eigenvalue weighted by Crippen LogP contribution is -2.49. The number of alkyl halides is 3. The number of nitrogens with one attached hydrogen (secondary N) is 4. The van der Waals surface area contributed by atoms with Crippen molar-refractivity contribution in [2.45, 2.75) is 25.6 Å². The Morgan fingerprint density at radius 3 is 2.57 bits per heavy atom. The molecule has 0 radical (unpaired) electrons. The first-order chi connectivity index (χ1) is 13.1. The van der Waals surface area contributed by atoms with Crippen LogP contribution in [0.5, 0.6) is 0 Å². The Hall–Kier alpha value is -3.24. The van der Waals surface area contributed by atoms with Crippen LogP contribution in [0.1, 0.15) is 13.3 Å². The highest BCUT2D eigenvalue weighted by Gasteiger charge is 2.37. The minimum Gasteiger partial charge on any atom is -0.511 e. The molecule has 11 heteroatoms. The van der Waals surface area contributed by atoms with Gasteiger partial charge in [0, 0.05) is 24.9 Å². The maximum absolute atomic E-state index is 12.6. The Morgan fingerprint density at radius 1 is 1.29 bits per heavy atom. The molecule has 2 amide bonds. The smallest absolute Gasteiger partial charge is 0.430 e. The van der Waals surface area contributed by atoms with E-state index < -0.39 is 41.1 Å². The summed E-state index contributed by atoms with van der Waals surface area (Å²) in [6, 6.07) is -0.721. The third-order valence-electron chi connectivity index (χ3n) is 4.35. The van der Waals surface area contributed by atoms with Crippen molar-refractivity contribution in [3.05, 3.63) is 46.7 Å². The maximum Gasteiger partial charge on any atom is 0.430 e. The molecule has 0 spiro atoms. The zero-order valence-corrected chi connectivity index (χ0v) is 14.8. The van der Waals surface area contributed by atoms with Gasteiger partial charge in [0.25, 0.3) is 11.8 Å². The van der Waals surface area contributed by atoms with Crippen LogP contribution in [0.3, 0.4) is 0 Å². The van der Waals surface area contributed by atoms with Gasteiger partial charge in [-0.05, 0) is 18.6 Å². The Balaban J connectivity index is 1.72. The van der Waals surface area contributed by atoms with Crippen molar-refractivity contribution in [1.29, 1.82) is 0 Å². The molecule has 0 aromatic heterocycles. The molecule has 5 N–H and O–H groups in total. The van der Waals surface area contributed by atoms with Crippen molar-refractivity contribution in [1.82, 2.24) is 21.3 Å². The number of carbonyl (C=O) groups is 2. The van der Waals surface area contributed by atoms with Crippen LogP contribution in [0.15, 0.2) is 51.6 Å². The first kappa shape index (κ1) is 19.5. The second-order valence-electron chi connectivity index (χ2n) is 6.42. The molecular formula is C17H18F3N5O3. The fourth-order valence-electron chi connectivity index (χ4n) is 2.86. The average Bonchev–Trinajstić information content (AvgIpc) is 2.62. The Labute approximate surface area is 158 Å². The summed E-state index contributed by atoms with van der Waals surface area (Å²) in [6.07, 6.45) is -0.969. The number of aliphatic hydroxyl groups excluding tert-OH is 1. The van der Waals surface area contributed by atoms with Crippen LogP contribution in [-0.2, 0) is 9.59 Å². The van der Waals surface area contributed by atoms with E-state index in [1.807, 2.05) is 0 Å². The second kappa shape index (κ2) is 7.41. The van der Waals surface area contributed by atoms with Gasteiger partial charge in [-0.2, -0.15) is 13.2 Å². The number of halogens is 3. The predicted molar refractivity (Wildman–Crippen MR) is 93.8 cm³/mol. The summed E-state index contributed by atoms with van der Waals surface area (Å²) >= 11 is 0. The van der Waals surface area contributed by atoms with Gasteiger partial charge in [-0.25, -0.2) is 4.99 Å². The number of amidine groups is 1. The highest BCUT2D eigenvalue weighted by atomic mass is 19.4. The van der Waals surface area contributed by atoms with E-state index in [-0.39, 0.29) is 25.3 Å². The molecular weight excluding hydrogens is 379 g/mol. The zero-order chi connectivity index (χ0) is 20.5. The van der Waals surface area contributed by atoms with Crippen LogP contribution >= 0.6 is 0 Å². The predicted octanol–water partition coefficient (Wildman–Crippen LogP) is 0.642. The van der Waals surface area contributed by atoms with Crippen molar-refractivity contribution in [2.75, 3.05) is 13.1 Å². The molecule has 3 aliphatic rings. The Morgan fingerprint density at radius 2 is 2.04 bits per heavy atom. The summed E-state index contributed by atoms with van der Waals surface area (Å²) < 4.78 is 37.9. The molecule has 0 saturated carbocycles. The van der Waals surface area contributed by atoms with Crippen molar-refractivity contribution in [3.63, 3.8) is 0 Å². The third-order valence-corrected chi connectivity index (χ3v) is 4.35. The van der Waals surface area contributed by atoms with Gasteiger partial charge in [0.1, 0.15) is 22.9 Å². The number of carbonyl (C=O) groups excluding carboxylic acids is 2. The number of rotatable bonds is 2. The molecule has 0 saturated heterocycles. The van der Waals surface area contributed by atoms with Gasteiger partial charge in [0.2, 0.25) is 0 Å². The van der Waals surface area contributed by atoms with Crippen LogP contribution in [0.2, 0.25) is 0 Å². The molecule has 150 valence electrons. The molecule has 28 heavy (non-hydrogen) atoms. The van der Waals surface area contributed by atoms with E-state index >= 15 is 0 Å². The maximum atomic E-state index is 12.6. The number of nitrogens with zero attached hydrogens (tertiary/aromatic N) is 1. The van der Waals surface area contributed by atoms with Gasteiger partial charge < -0.3 is 26.4 Å². The highest BCUT2D eigenvalue weighted by molar-refractivity contribution is 6.23. The first-order valence-corrected chi connectivity index (χ1v) is 8.38. The monoisotopic (exact) mass is 397 g/mol. The third kappa shape index (κ3) is 4.18. The van der Waals surface area contributed by atoms with Gasteiger partial charge in [0.15, 0.2) is 0 Å². The summed E-state index contributed by atoms with van der Waals surface area (Å²) in [7, 11) is 0. The fourth-order valence-corrected chi connectivity index (χ4v) is 2.86. The normalized spacial score (nSPS) is 22.7. The van der Waals surface area contributed by atoms with E-state index in [0.29, 0.717) is 5.57 Å². The molecule has 3 heterocycles. The second-order valence-corrected chi connectivity index (χ2v) is 6.42. The lowest BCUT2D eigenvalue weighted by Gasteiger charge is -2.29. The van der Waals surface area contributed by atoms with Gasteiger partial charge in [-0.3, -0.25) is 9.59 Å². The molecule has 0 aliphatic carbocycles. The van der Waals surface area contributed by atoms with Crippen molar-refractivity contribution in [3.8, 4) is 0 Å². The molecule has 0 bridgehead atoms. The molecule has 8 nitrogen and oxygen atoms in total. The molecule has 3 aliphatic heterocycles. The van der Waals surface area contributed by atoms with Gasteiger partial charge in [-0.1, -0.05) is 6.08 Å². The van der Waals surface area contributed by atoms with Crippen molar-refractivity contribution >= 4 is 17.6 Å². The van der Waals surface area contributed by atoms with Crippen LogP contribution < -0.4 is 21.3 Å². The van der Waals surface area contributed by atoms with E-state index in [1.165, 1.54) is 12.3 Å². The van der Waals surface area contributed by atoms with Crippen LogP contribution in [0, 0.1) is 0 Å². The summed E-state index contributed by atoms with van der Waals surface area (Å²) in [5.74, 6) is -1.77. The topological polar surface area (TPSA) is 115 Å². The summed E-state index contributed by atoms with van der Waals surface area (Å²) in [6.45, 7) is 1.92. The molecule has 3 rings (SSSR count). The van der Waals surface area contributed by atoms with E-state index in [2.05, 4.69) is 26.3 Å². The molecule has 0 aromatic carbocycles. The number of hydrogen-bond donors (Lipinski definition) is 5. The molecule has 0 fully saturated rings. The number of amides is 2. The largest absolute Gasteiger partial charge is 0.511 e. The average molecular weight is 397 g/mol. The number of aliphatic hydroxyl groups is 1. The van der Waals surface area contributed by atoms with Gasteiger partial charge in [0.05, 0.1) is 12.6 Å². The van der Waals surface area contributed by atoms with Gasteiger partial charge in [-0.15, -0.1) is 0 Å².